The van der Waals surface area contributed by atoms with E-state index >= 15 is 0 Å². The second-order valence-electron chi connectivity index (χ2n) is 4.15. The smallest absolute Gasteiger partial charge is 0.365 e. The number of benzene rings is 1. The van der Waals surface area contributed by atoms with Gasteiger partial charge in [0.25, 0.3) is 0 Å². The Morgan fingerprint density at radius 2 is 1.85 bits per heavy atom. The zero-order valence-electron chi connectivity index (χ0n) is 11.1. The van der Waals surface area contributed by atoms with Crippen LogP contribution in [0.25, 0.3) is 0 Å². The summed E-state index contributed by atoms with van der Waals surface area (Å²) >= 11 is 0. The van der Waals surface area contributed by atoms with Crippen LogP contribution >= 0.6 is 0 Å². The summed E-state index contributed by atoms with van der Waals surface area (Å²) in [5, 5.41) is 3.71. The Bertz CT molecular complexity index is 624. The maximum Gasteiger partial charge on any atom is 0.365 e. The highest BCUT2D eigenvalue weighted by Crippen LogP contribution is 2.12. The van der Waals surface area contributed by atoms with Crippen molar-refractivity contribution in [1.29, 1.82) is 0 Å². The van der Waals surface area contributed by atoms with E-state index in [0.29, 0.717) is 22.6 Å². The van der Waals surface area contributed by atoms with Crippen LogP contribution in [-0.4, -0.2) is 24.6 Å². The van der Waals surface area contributed by atoms with Crippen LogP contribution in [0, 0.1) is 0 Å². The van der Waals surface area contributed by atoms with Gasteiger partial charge in [-0.3, -0.25) is 4.79 Å². The summed E-state index contributed by atoms with van der Waals surface area (Å²) < 4.78 is 5.00. The van der Waals surface area contributed by atoms with Gasteiger partial charge >= 0.3 is 5.97 Å². The van der Waals surface area contributed by atoms with Gasteiger partial charge in [-0.2, -0.15) is 0 Å². The molecule has 20 heavy (non-hydrogen) atoms. The van der Waals surface area contributed by atoms with Gasteiger partial charge in [0.05, 0.1) is 12.7 Å². The Hall–Kier alpha value is -2.69. The van der Waals surface area contributed by atoms with E-state index in [1.54, 1.807) is 44.4 Å². The number of ether oxygens (including phenoxy) is 1. The monoisotopic (exact) mass is 271 g/mol. The van der Waals surface area contributed by atoms with Gasteiger partial charge in [0.15, 0.2) is 5.78 Å². The van der Waals surface area contributed by atoms with Gasteiger partial charge in [0, 0.05) is 0 Å². The molecule has 1 aromatic carbocycles. The van der Waals surface area contributed by atoms with Crippen molar-refractivity contribution in [3.63, 3.8) is 0 Å². The van der Waals surface area contributed by atoms with E-state index in [0.717, 1.165) is 0 Å². The number of methoxy groups -OCH3 is 1. The van der Waals surface area contributed by atoms with Crippen molar-refractivity contribution in [3.8, 4) is 5.75 Å². The summed E-state index contributed by atoms with van der Waals surface area (Å²) in [6.45, 7) is 1.67. The lowest BCUT2D eigenvalue weighted by Crippen LogP contribution is -2.07. The van der Waals surface area contributed by atoms with Crippen molar-refractivity contribution in [2.24, 2.45) is 5.16 Å². The molecule has 0 bridgehead atoms. The Balaban J connectivity index is 2.05. The molecule has 0 amide bonds. The normalized spacial score (nSPS) is 16.0. The van der Waals surface area contributed by atoms with Crippen LogP contribution in [0.2, 0.25) is 0 Å². The standard InChI is InChI=1S/C15H13NO4/c1-10-9-12(5-8-14(10)17)16-20-15(18)11-3-6-13(19-2)7-4-11/h3-9H,1-2H3/b16-12+. The van der Waals surface area contributed by atoms with E-state index in [1.807, 2.05) is 0 Å². The van der Waals surface area contributed by atoms with E-state index in [-0.39, 0.29) is 5.78 Å². The van der Waals surface area contributed by atoms with Gasteiger partial charge in [-0.1, -0.05) is 5.16 Å². The third kappa shape index (κ3) is 3.20. The number of hydrogen-bond donors (Lipinski definition) is 0. The van der Waals surface area contributed by atoms with Crippen LogP contribution in [0.3, 0.4) is 0 Å². The topological polar surface area (TPSA) is 65.0 Å². The molecule has 102 valence electrons. The molecule has 5 heteroatoms. The Morgan fingerprint density at radius 1 is 1.15 bits per heavy atom. The minimum Gasteiger partial charge on any atom is -0.497 e. The maximum atomic E-state index is 11.8. The van der Waals surface area contributed by atoms with Gasteiger partial charge in [0.1, 0.15) is 11.5 Å². The van der Waals surface area contributed by atoms with Gasteiger partial charge in [-0.25, -0.2) is 4.79 Å². The van der Waals surface area contributed by atoms with Gasteiger partial charge in [-0.15, -0.1) is 0 Å². The fraction of sp³-hybridized carbons (Fsp3) is 0.133. The predicted octanol–water partition coefficient (Wildman–Crippen LogP) is 2.29. The zero-order valence-corrected chi connectivity index (χ0v) is 11.1. The van der Waals surface area contributed by atoms with Crippen LogP contribution in [0.1, 0.15) is 17.3 Å². The summed E-state index contributed by atoms with van der Waals surface area (Å²) in [5.74, 6) is 0.00193. The Morgan fingerprint density at radius 3 is 2.45 bits per heavy atom. The van der Waals surface area contributed by atoms with E-state index in [2.05, 4.69) is 5.16 Å². The third-order valence-electron chi connectivity index (χ3n) is 2.72. The van der Waals surface area contributed by atoms with Gasteiger partial charge in [0.2, 0.25) is 0 Å². The number of carbonyl (C=O) groups is 2. The van der Waals surface area contributed by atoms with Crippen LogP contribution < -0.4 is 4.74 Å². The van der Waals surface area contributed by atoms with Gasteiger partial charge in [-0.05, 0) is 55.0 Å². The molecular formula is C15H13NO4. The maximum absolute atomic E-state index is 11.8. The molecule has 0 radical (unpaired) electrons. The Labute approximate surface area is 116 Å². The molecule has 1 aliphatic rings. The van der Waals surface area contributed by atoms with Crippen molar-refractivity contribution in [1.82, 2.24) is 0 Å². The number of oxime groups is 1. The lowest BCUT2D eigenvalue weighted by atomic mass is 10.1. The molecule has 0 saturated heterocycles. The molecule has 0 unspecified atom stereocenters. The van der Waals surface area contributed by atoms with E-state index in [9.17, 15) is 9.59 Å². The van der Waals surface area contributed by atoms with Crippen molar-refractivity contribution in [3.05, 3.63) is 53.6 Å². The molecule has 0 atom stereocenters. The molecular weight excluding hydrogens is 258 g/mol. The molecule has 1 aromatic rings. The molecule has 0 spiro atoms. The predicted molar refractivity (Wildman–Crippen MR) is 73.7 cm³/mol. The summed E-state index contributed by atoms with van der Waals surface area (Å²) in [4.78, 5) is 27.8. The fourth-order valence-electron chi connectivity index (χ4n) is 1.56. The SMILES string of the molecule is COc1ccc(C(=O)O/N=C2\C=CC(=O)C(C)=C2)cc1. The van der Waals surface area contributed by atoms with Crippen molar-refractivity contribution in [2.45, 2.75) is 6.92 Å². The first-order chi connectivity index (χ1) is 9.60. The van der Waals surface area contributed by atoms with Crippen LogP contribution in [0.5, 0.6) is 5.75 Å². The quantitative estimate of drug-likeness (QED) is 0.480. The summed E-state index contributed by atoms with van der Waals surface area (Å²) in [6, 6.07) is 6.49. The Kier molecular flexibility index (Phi) is 4.10. The number of nitrogens with zero attached hydrogens (tertiary/aromatic N) is 1. The molecule has 5 nitrogen and oxygen atoms in total. The molecule has 0 heterocycles. The zero-order chi connectivity index (χ0) is 14.5. The lowest BCUT2D eigenvalue weighted by molar-refractivity contribution is -0.111. The number of rotatable bonds is 3. The highest BCUT2D eigenvalue weighted by molar-refractivity contribution is 6.18. The number of hydrogen-bond acceptors (Lipinski definition) is 5. The average molecular weight is 271 g/mol. The third-order valence-corrected chi connectivity index (χ3v) is 2.72. The first-order valence-electron chi connectivity index (χ1n) is 5.94. The largest absolute Gasteiger partial charge is 0.497 e. The second-order valence-corrected chi connectivity index (χ2v) is 4.15. The van der Waals surface area contributed by atoms with Crippen LogP contribution in [0.4, 0.5) is 0 Å². The van der Waals surface area contributed by atoms with Crippen LogP contribution in [0.15, 0.2) is 53.2 Å². The molecule has 0 N–H and O–H groups in total. The first kappa shape index (κ1) is 13.7. The summed E-state index contributed by atoms with van der Waals surface area (Å²) in [7, 11) is 1.55. The minimum absolute atomic E-state index is 0.0783. The highest BCUT2D eigenvalue weighted by Gasteiger charge is 2.10. The second kappa shape index (κ2) is 5.97. The van der Waals surface area contributed by atoms with Crippen molar-refractivity contribution < 1.29 is 19.2 Å². The van der Waals surface area contributed by atoms with E-state index in [4.69, 9.17) is 9.57 Å². The van der Waals surface area contributed by atoms with E-state index in [1.165, 1.54) is 12.2 Å². The molecule has 0 saturated carbocycles. The minimum atomic E-state index is -0.573. The molecule has 0 aliphatic heterocycles. The summed E-state index contributed by atoms with van der Waals surface area (Å²) in [6.07, 6.45) is 4.44. The molecule has 2 rings (SSSR count). The summed E-state index contributed by atoms with van der Waals surface area (Å²) in [5.41, 5.74) is 1.34. The molecule has 0 aromatic heterocycles. The highest BCUT2D eigenvalue weighted by atomic mass is 16.7. The molecule has 1 aliphatic carbocycles. The number of carbonyl (C=O) groups excluding carboxylic acids is 2. The number of allylic oxidation sites excluding steroid dienone is 4. The fourth-order valence-corrected chi connectivity index (χ4v) is 1.56. The lowest BCUT2D eigenvalue weighted by Gasteiger charge is -2.04. The van der Waals surface area contributed by atoms with E-state index < -0.39 is 5.97 Å². The van der Waals surface area contributed by atoms with Gasteiger partial charge < -0.3 is 9.57 Å². The number of ketones is 1. The van der Waals surface area contributed by atoms with Crippen molar-refractivity contribution >= 4 is 17.5 Å². The molecule has 0 fully saturated rings. The van der Waals surface area contributed by atoms with Crippen molar-refractivity contribution in [2.75, 3.05) is 7.11 Å². The first-order valence-corrected chi connectivity index (χ1v) is 5.94. The van der Waals surface area contributed by atoms with Crippen LogP contribution in [-0.2, 0) is 9.63 Å². The average Bonchev–Trinajstić information content (AvgIpc) is 2.48.